The molecule has 1 N–H and O–H groups in total. The molecule has 20 heavy (non-hydrogen) atoms. The Morgan fingerprint density at radius 3 is 2.90 bits per heavy atom. The molecule has 0 fully saturated rings. The Labute approximate surface area is 124 Å². The van der Waals surface area contributed by atoms with Crippen LogP contribution in [0.25, 0.3) is 10.9 Å². The zero-order chi connectivity index (χ0) is 14.1. The second-order valence-corrected chi connectivity index (χ2v) is 5.86. The number of rotatable bonds is 2. The molecule has 0 saturated heterocycles. The van der Waals surface area contributed by atoms with Crippen LogP contribution in [0, 0.1) is 6.92 Å². The number of nitrogens with zero attached hydrogens (tertiary/aromatic N) is 2. The van der Waals surface area contributed by atoms with Crippen molar-refractivity contribution in [3.05, 3.63) is 52.1 Å². The van der Waals surface area contributed by atoms with Crippen LogP contribution >= 0.6 is 22.9 Å². The Morgan fingerprint density at radius 1 is 1.35 bits per heavy atom. The standard InChI is InChI=1S/C14H10ClN3OS/c1-8-7-16-14(20-8)18-13(19)10-6-12(15)17-11-5-3-2-4-9(10)11/h2-7H,1H3,(H,16,18,19). The van der Waals surface area contributed by atoms with Crippen LogP contribution in [0.4, 0.5) is 5.13 Å². The highest BCUT2D eigenvalue weighted by molar-refractivity contribution is 7.15. The molecule has 0 saturated carbocycles. The van der Waals surface area contributed by atoms with E-state index in [1.54, 1.807) is 12.3 Å². The molecule has 0 radical (unpaired) electrons. The van der Waals surface area contributed by atoms with Crippen molar-refractivity contribution in [2.45, 2.75) is 6.92 Å². The van der Waals surface area contributed by atoms with Crippen molar-refractivity contribution < 1.29 is 4.79 Å². The van der Waals surface area contributed by atoms with Crippen LogP contribution < -0.4 is 5.32 Å². The molecule has 6 heteroatoms. The third-order valence-corrected chi connectivity index (χ3v) is 3.79. The number of hydrogen-bond acceptors (Lipinski definition) is 4. The van der Waals surface area contributed by atoms with Crippen LogP contribution in [0.3, 0.4) is 0 Å². The van der Waals surface area contributed by atoms with Crippen molar-refractivity contribution in [3.63, 3.8) is 0 Å². The van der Waals surface area contributed by atoms with Crippen LogP contribution in [0.15, 0.2) is 36.5 Å². The summed E-state index contributed by atoms with van der Waals surface area (Å²) in [7, 11) is 0. The highest BCUT2D eigenvalue weighted by Gasteiger charge is 2.13. The molecule has 0 spiro atoms. The van der Waals surface area contributed by atoms with Gasteiger partial charge in [-0.3, -0.25) is 10.1 Å². The van der Waals surface area contributed by atoms with Gasteiger partial charge in [-0.2, -0.15) is 0 Å². The van der Waals surface area contributed by atoms with E-state index in [0.29, 0.717) is 21.4 Å². The average molecular weight is 304 g/mol. The molecule has 2 aromatic heterocycles. The first kappa shape index (κ1) is 13.0. The maximum absolute atomic E-state index is 12.4. The summed E-state index contributed by atoms with van der Waals surface area (Å²) in [5.41, 5.74) is 1.19. The van der Waals surface area contributed by atoms with Gasteiger partial charge in [0.1, 0.15) is 5.15 Å². The largest absolute Gasteiger partial charge is 0.298 e. The topological polar surface area (TPSA) is 54.9 Å². The number of benzene rings is 1. The van der Waals surface area contributed by atoms with Gasteiger partial charge in [0.2, 0.25) is 0 Å². The van der Waals surface area contributed by atoms with Gasteiger partial charge in [0, 0.05) is 16.5 Å². The van der Waals surface area contributed by atoms with E-state index in [-0.39, 0.29) is 5.91 Å². The fourth-order valence-electron chi connectivity index (χ4n) is 1.91. The van der Waals surface area contributed by atoms with Gasteiger partial charge in [0.05, 0.1) is 11.1 Å². The minimum Gasteiger partial charge on any atom is -0.298 e. The van der Waals surface area contributed by atoms with Gasteiger partial charge >= 0.3 is 0 Å². The van der Waals surface area contributed by atoms with E-state index in [1.807, 2.05) is 31.2 Å². The number of thiazole rings is 1. The van der Waals surface area contributed by atoms with Gasteiger partial charge in [-0.05, 0) is 19.1 Å². The molecule has 4 nitrogen and oxygen atoms in total. The molecule has 0 aliphatic heterocycles. The lowest BCUT2D eigenvalue weighted by Crippen LogP contribution is -2.12. The second-order valence-electron chi connectivity index (χ2n) is 4.24. The molecule has 1 amide bonds. The third kappa shape index (κ3) is 2.50. The van der Waals surface area contributed by atoms with Crippen molar-refractivity contribution in [2.24, 2.45) is 0 Å². The van der Waals surface area contributed by atoms with Gasteiger partial charge in [-0.25, -0.2) is 9.97 Å². The normalized spacial score (nSPS) is 10.7. The summed E-state index contributed by atoms with van der Waals surface area (Å²) >= 11 is 7.40. The minimum atomic E-state index is -0.236. The predicted molar refractivity (Wildman–Crippen MR) is 81.6 cm³/mol. The van der Waals surface area contributed by atoms with Crippen LogP contribution in [-0.2, 0) is 0 Å². The van der Waals surface area contributed by atoms with Crippen molar-refractivity contribution in [1.29, 1.82) is 0 Å². The molecule has 0 aliphatic carbocycles. The number of pyridine rings is 1. The van der Waals surface area contributed by atoms with Crippen molar-refractivity contribution in [2.75, 3.05) is 5.32 Å². The first-order valence-corrected chi connectivity index (χ1v) is 7.12. The lowest BCUT2D eigenvalue weighted by molar-refractivity contribution is 0.102. The van der Waals surface area contributed by atoms with E-state index in [1.165, 1.54) is 11.3 Å². The molecule has 0 aliphatic rings. The van der Waals surface area contributed by atoms with Gasteiger partial charge in [0.15, 0.2) is 5.13 Å². The number of nitrogens with one attached hydrogen (secondary N) is 1. The SMILES string of the molecule is Cc1cnc(NC(=O)c2cc(Cl)nc3ccccc23)s1. The lowest BCUT2D eigenvalue weighted by atomic mass is 10.1. The minimum absolute atomic E-state index is 0.236. The summed E-state index contributed by atoms with van der Waals surface area (Å²) in [6.45, 7) is 1.94. The number of fused-ring (bicyclic) bond motifs is 1. The molecule has 0 bridgehead atoms. The Hall–Kier alpha value is -1.98. The van der Waals surface area contributed by atoms with E-state index in [0.717, 1.165) is 10.3 Å². The van der Waals surface area contributed by atoms with Crippen molar-refractivity contribution >= 4 is 44.9 Å². The number of aromatic nitrogens is 2. The maximum Gasteiger partial charge on any atom is 0.258 e. The summed E-state index contributed by atoms with van der Waals surface area (Å²) in [4.78, 5) is 21.7. The first-order valence-electron chi connectivity index (χ1n) is 5.92. The number of aryl methyl sites for hydroxylation is 1. The molecule has 0 unspecified atom stereocenters. The molecule has 3 rings (SSSR count). The number of carbonyl (C=O) groups is 1. The molecule has 1 aromatic carbocycles. The highest BCUT2D eigenvalue weighted by Crippen LogP contribution is 2.23. The summed E-state index contributed by atoms with van der Waals surface area (Å²) in [6.07, 6.45) is 1.72. The summed E-state index contributed by atoms with van der Waals surface area (Å²) in [5.74, 6) is -0.236. The van der Waals surface area contributed by atoms with Crippen LogP contribution in [0.1, 0.15) is 15.2 Å². The number of hydrogen-bond donors (Lipinski definition) is 1. The summed E-state index contributed by atoms with van der Waals surface area (Å²) in [6, 6.07) is 8.96. The van der Waals surface area contributed by atoms with Gasteiger partial charge in [0.25, 0.3) is 5.91 Å². The average Bonchev–Trinajstić information content (AvgIpc) is 2.83. The lowest BCUT2D eigenvalue weighted by Gasteiger charge is -2.06. The number of carbonyl (C=O) groups excluding carboxylic acids is 1. The zero-order valence-electron chi connectivity index (χ0n) is 10.6. The molecule has 2 heterocycles. The monoisotopic (exact) mass is 303 g/mol. The molecule has 100 valence electrons. The number of halogens is 1. The van der Waals surface area contributed by atoms with Crippen LogP contribution in [-0.4, -0.2) is 15.9 Å². The smallest absolute Gasteiger partial charge is 0.258 e. The van der Waals surface area contributed by atoms with E-state index in [2.05, 4.69) is 15.3 Å². The molecular weight excluding hydrogens is 294 g/mol. The van der Waals surface area contributed by atoms with Gasteiger partial charge in [-0.15, -0.1) is 11.3 Å². The fourth-order valence-corrected chi connectivity index (χ4v) is 2.77. The van der Waals surface area contributed by atoms with Gasteiger partial charge in [-0.1, -0.05) is 29.8 Å². The Bertz CT molecular complexity index is 800. The van der Waals surface area contributed by atoms with Gasteiger partial charge < -0.3 is 0 Å². The van der Waals surface area contributed by atoms with Crippen LogP contribution in [0.2, 0.25) is 5.15 Å². The first-order chi connectivity index (χ1) is 9.63. The zero-order valence-corrected chi connectivity index (χ0v) is 12.1. The molecule has 0 atom stereocenters. The maximum atomic E-state index is 12.4. The second kappa shape index (κ2) is 5.19. The van der Waals surface area contributed by atoms with E-state index in [4.69, 9.17) is 11.6 Å². The Morgan fingerprint density at radius 2 is 2.15 bits per heavy atom. The summed E-state index contributed by atoms with van der Waals surface area (Å²) in [5, 5.41) is 4.42. The predicted octanol–water partition coefficient (Wildman–Crippen LogP) is 3.91. The molecular formula is C14H10ClN3OS. The third-order valence-electron chi connectivity index (χ3n) is 2.77. The quantitative estimate of drug-likeness (QED) is 0.730. The fraction of sp³-hybridized carbons (Fsp3) is 0.0714. The van der Waals surface area contributed by atoms with E-state index < -0.39 is 0 Å². The highest BCUT2D eigenvalue weighted by atomic mass is 35.5. The number of amides is 1. The summed E-state index contributed by atoms with van der Waals surface area (Å²) < 4.78 is 0. The van der Waals surface area contributed by atoms with Crippen LogP contribution in [0.5, 0.6) is 0 Å². The van der Waals surface area contributed by atoms with E-state index in [9.17, 15) is 4.79 Å². The number of anilines is 1. The molecule has 3 aromatic rings. The van der Waals surface area contributed by atoms with E-state index >= 15 is 0 Å². The number of para-hydroxylation sites is 1. The Kier molecular flexibility index (Phi) is 3.38. The van der Waals surface area contributed by atoms with Crippen molar-refractivity contribution in [1.82, 2.24) is 9.97 Å². The Balaban J connectivity index is 2.02. The van der Waals surface area contributed by atoms with Crippen molar-refractivity contribution in [3.8, 4) is 0 Å².